The van der Waals surface area contributed by atoms with Crippen molar-refractivity contribution in [1.29, 1.82) is 0 Å². The van der Waals surface area contributed by atoms with Crippen LogP contribution in [-0.4, -0.2) is 44.9 Å². The lowest BCUT2D eigenvalue weighted by atomic mass is 9.93. The number of rotatable bonds is 5. The largest absolute Gasteiger partial charge is 0.341 e. The molecule has 0 unspecified atom stereocenters. The van der Waals surface area contributed by atoms with Crippen molar-refractivity contribution >= 4 is 28.2 Å². The van der Waals surface area contributed by atoms with Gasteiger partial charge in [-0.25, -0.2) is 15.0 Å². The number of benzene rings is 1. The summed E-state index contributed by atoms with van der Waals surface area (Å²) in [4.78, 5) is 28.8. The molecule has 4 rings (SSSR count). The maximum absolute atomic E-state index is 12.1. The zero-order valence-electron chi connectivity index (χ0n) is 17.2. The molecule has 1 amide bonds. The second kappa shape index (κ2) is 8.89. The van der Waals surface area contributed by atoms with Crippen molar-refractivity contribution in [2.75, 3.05) is 18.4 Å². The zero-order valence-corrected chi connectivity index (χ0v) is 18.0. The molecular formula is C22H26N6OS. The monoisotopic (exact) mass is 422 g/mol. The van der Waals surface area contributed by atoms with E-state index in [4.69, 9.17) is 5.73 Å². The van der Waals surface area contributed by atoms with E-state index in [0.717, 1.165) is 45.7 Å². The lowest BCUT2D eigenvalue weighted by Gasteiger charge is -2.32. The molecule has 0 spiro atoms. The van der Waals surface area contributed by atoms with E-state index < -0.39 is 6.04 Å². The average molecular weight is 423 g/mol. The molecule has 1 atom stereocenters. The van der Waals surface area contributed by atoms with Crippen molar-refractivity contribution in [3.8, 4) is 10.4 Å². The van der Waals surface area contributed by atoms with Crippen molar-refractivity contribution in [3.63, 3.8) is 0 Å². The summed E-state index contributed by atoms with van der Waals surface area (Å²) in [6.07, 6.45) is 3.63. The number of nitrogens with two attached hydrogens (primary N) is 1. The van der Waals surface area contributed by atoms with Crippen LogP contribution in [0.15, 0.2) is 42.6 Å². The van der Waals surface area contributed by atoms with E-state index in [1.807, 2.05) is 42.3 Å². The van der Waals surface area contributed by atoms with E-state index in [-0.39, 0.29) is 5.91 Å². The number of nitrogens with one attached hydrogen (secondary N) is 1. The van der Waals surface area contributed by atoms with Crippen molar-refractivity contribution in [2.24, 2.45) is 5.73 Å². The highest BCUT2D eigenvalue weighted by Gasteiger charge is 2.26. The van der Waals surface area contributed by atoms with E-state index >= 15 is 0 Å². The number of piperidine rings is 1. The second-order valence-electron chi connectivity index (χ2n) is 7.63. The molecule has 3 N–H and O–H groups in total. The van der Waals surface area contributed by atoms with Gasteiger partial charge in [0.15, 0.2) is 5.13 Å². The van der Waals surface area contributed by atoms with Gasteiger partial charge in [-0.1, -0.05) is 41.7 Å². The van der Waals surface area contributed by atoms with Crippen LogP contribution in [0.4, 0.5) is 10.9 Å². The highest BCUT2D eigenvalue weighted by molar-refractivity contribution is 7.18. The molecule has 3 aromatic rings. The summed E-state index contributed by atoms with van der Waals surface area (Å²) < 4.78 is 0. The van der Waals surface area contributed by atoms with E-state index in [2.05, 4.69) is 32.4 Å². The predicted molar refractivity (Wildman–Crippen MR) is 120 cm³/mol. The summed E-state index contributed by atoms with van der Waals surface area (Å²) in [5.41, 5.74) is 7.90. The standard InChI is InChI=1S/C22H26N6OS/c1-14(23)21(29)28-10-8-16(9-11-28)18-12-20(26-15(2)25-18)27-22-24-13-19(30-22)17-6-4-3-5-7-17/h3-7,12-14,16H,8-11,23H2,1-2H3,(H,24,25,26,27)/t14-/m1/s1. The topological polar surface area (TPSA) is 97.0 Å². The minimum Gasteiger partial charge on any atom is -0.341 e. The predicted octanol–water partition coefficient (Wildman–Crippen LogP) is 3.71. The van der Waals surface area contributed by atoms with Crippen LogP contribution in [0.5, 0.6) is 0 Å². The van der Waals surface area contributed by atoms with Crippen LogP contribution in [0.2, 0.25) is 0 Å². The van der Waals surface area contributed by atoms with Crippen LogP contribution in [0.25, 0.3) is 10.4 Å². The number of hydrogen-bond acceptors (Lipinski definition) is 7. The van der Waals surface area contributed by atoms with Crippen molar-refractivity contribution < 1.29 is 4.79 Å². The molecule has 1 aliphatic rings. The minimum atomic E-state index is -0.447. The number of hydrogen-bond donors (Lipinski definition) is 2. The average Bonchev–Trinajstić information content (AvgIpc) is 3.22. The highest BCUT2D eigenvalue weighted by atomic mass is 32.1. The molecule has 2 aromatic heterocycles. The first-order chi connectivity index (χ1) is 14.5. The van der Waals surface area contributed by atoms with Gasteiger partial charge in [-0.05, 0) is 32.3 Å². The second-order valence-corrected chi connectivity index (χ2v) is 8.66. The van der Waals surface area contributed by atoms with Crippen molar-refractivity contribution in [2.45, 2.75) is 38.6 Å². The molecule has 1 fully saturated rings. The third kappa shape index (κ3) is 4.66. The Morgan fingerprint density at radius 3 is 2.67 bits per heavy atom. The number of likely N-dealkylation sites (tertiary alicyclic amines) is 1. The van der Waals surface area contributed by atoms with Gasteiger partial charge >= 0.3 is 0 Å². The summed E-state index contributed by atoms with van der Waals surface area (Å²) in [6.45, 7) is 5.07. The van der Waals surface area contributed by atoms with Gasteiger partial charge in [0.2, 0.25) is 5.91 Å². The molecule has 0 saturated carbocycles. The molecule has 0 radical (unpaired) electrons. The fourth-order valence-corrected chi connectivity index (χ4v) is 4.55. The lowest BCUT2D eigenvalue weighted by Crippen LogP contribution is -2.45. The summed E-state index contributed by atoms with van der Waals surface area (Å²) in [5, 5.41) is 4.13. The maximum atomic E-state index is 12.1. The van der Waals surface area contributed by atoms with Gasteiger partial charge in [-0.15, -0.1) is 0 Å². The normalized spacial score (nSPS) is 15.8. The fraction of sp³-hybridized carbons (Fsp3) is 0.364. The third-order valence-corrected chi connectivity index (χ3v) is 6.23. The molecule has 1 aromatic carbocycles. The lowest BCUT2D eigenvalue weighted by molar-refractivity contribution is -0.133. The molecule has 0 bridgehead atoms. The van der Waals surface area contributed by atoms with Gasteiger partial charge < -0.3 is 16.0 Å². The molecule has 0 aliphatic carbocycles. The Balaban J connectivity index is 1.45. The molecular weight excluding hydrogens is 396 g/mol. The first-order valence-corrected chi connectivity index (χ1v) is 11.0. The number of aromatic nitrogens is 3. The fourth-order valence-electron chi connectivity index (χ4n) is 3.72. The molecule has 3 heterocycles. The molecule has 8 heteroatoms. The molecule has 1 saturated heterocycles. The SMILES string of the molecule is Cc1nc(Nc2ncc(-c3ccccc3)s2)cc(C2CCN(C(=O)[C@@H](C)N)CC2)n1. The Labute approximate surface area is 180 Å². The van der Waals surface area contributed by atoms with E-state index in [1.54, 1.807) is 18.3 Å². The van der Waals surface area contributed by atoms with Gasteiger partial charge in [0, 0.05) is 37.0 Å². The summed E-state index contributed by atoms with van der Waals surface area (Å²) in [5.74, 6) is 1.80. The molecule has 156 valence electrons. The summed E-state index contributed by atoms with van der Waals surface area (Å²) in [6, 6.07) is 11.8. The number of aryl methyl sites for hydroxylation is 1. The number of nitrogens with zero attached hydrogens (tertiary/aromatic N) is 4. The van der Waals surface area contributed by atoms with Gasteiger partial charge in [0.1, 0.15) is 11.6 Å². The van der Waals surface area contributed by atoms with Crippen molar-refractivity contribution in [3.05, 3.63) is 54.1 Å². The van der Waals surface area contributed by atoms with Crippen LogP contribution in [0.3, 0.4) is 0 Å². The Hall–Kier alpha value is -2.84. The molecule has 30 heavy (non-hydrogen) atoms. The highest BCUT2D eigenvalue weighted by Crippen LogP contribution is 2.32. The minimum absolute atomic E-state index is 0.0210. The van der Waals surface area contributed by atoms with Gasteiger partial charge in [0.05, 0.1) is 10.9 Å². The first kappa shape index (κ1) is 20.4. The number of carbonyl (C=O) groups excluding carboxylic acids is 1. The van der Waals surface area contributed by atoms with Gasteiger partial charge in [-0.3, -0.25) is 4.79 Å². The summed E-state index contributed by atoms with van der Waals surface area (Å²) in [7, 11) is 0. The maximum Gasteiger partial charge on any atom is 0.239 e. The van der Waals surface area contributed by atoms with Crippen LogP contribution in [-0.2, 0) is 4.79 Å². The smallest absolute Gasteiger partial charge is 0.239 e. The number of carbonyl (C=O) groups is 1. The summed E-state index contributed by atoms with van der Waals surface area (Å²) >= 11 is 1.60. The Morgan fingerprint density at radius 1 is 1.23 bits per heavy atom. The number of amides is 1. The van der Waals surface area contributed by atoms with Crippen LogP contribution < -0.4 is 11.1 Å². The first-order valence-electron chi connectivity index (χ1n) is 10.2. The van der Waals surface area contributed by atoms with Gasteiger partial charge in [-0.2, -0.15) is 0 Å². The quantitative estimate of drug-likeness (QED) is 0.651. The van der Waals surface area contributed by atoms with E-state index in [1.165, 1.54) is 0 Å². The molecule has 1 aliphatic heterocycles. The zero-order chi connectivity index (χ0) is 21.1. The Morgan fingerprint density at radius 2 is 1.97 bits per heavy atom. The van der Waals surface area contributed by atoms with Crippen LogP contribution >= 0.6 is 11.3 Å². The van der Waals surface area contributed by atoms with E-state index in [9.17, 15) is 4.79 Å². The Kier molecular flexibility index (Phi) is 6.06. The Bertz CT molecular complexity index is 1010. The van der Waals surface area contributed by atoms with E-state index in [0.29, 0.717) is 19.0 Å². The third-order valence-electron chi connectivity index (χ3n) is 5.27. The van der Waals surface area contributed by atoms with Crippen LogP contribution in [0, 0.1) is 6.92 Å². The van der Waals surface area contributed by atoms with Crippen LogP contribution in [0.1, 0.15) is 37.2 Å². The molecule has 7 nitrogen and oxygen atoms in total. The van der Waals surface area contributed by atoms with Crippen molar-refractivity contribution in [1.82, 2.24) is 19.9 Å². The number of anilines is 2. The number of thiazole rings is 1. The van der Waals surface area contributed by atoms with Gasteiger partial charge in [0.25, 0.3) is 0 Å².